The Bertz CT molecular complexity index is 784. The number of azo groups is 1. The fourth-order valence-electron chi connectivity index (χ4n) is 1.77. The van der Waals surface area contributed by atoms with Crippen LogP contribution < -0.4 is 4.74 Å². The SMILES string of the molecule is CC[C@H](C)COc1ccc(N=Nc2ccc(S(=O)(=O)O)cc2)cc1. The molecule has 0 unspecified atom stereocenters. The normalized spacial score (nSPS) is 13.1. The smallest absolute Gasteiger partial charge is 0.294 e. The van der Waals surface area contributed by atoms with Gasteiger partial charge in [-0.3, -0.25) is 4.55 Å². The number of rotatable bonds is 7. The van der Waals surface area contributed by atoms with E-state index in [4.69, 9.17) is 9.29 Å². The first-order chi connectivity index (χ1) is 11.4. The molecule has 0 spiro atoms. The highest BCUT2D eigenvalue weighted by atomic mass is 32.2. The zero-order chi connectivity index (χ0) is 17.6. The third-order valence-corrected chi connectivity index (χ3v) is 4.35. The maximum atomic E-state index is 11.0. The average molecular weight is 348 g/mol. The van der Waals surface area contributed by atoms with E-state index in [1.807, 2.05) is 12.1 Å². The van der Waals surface area contributed by atoms with Gasteiger partial charge in [-0.15, -0.1) is 0 Å². The molecule has 0 aliphatic heterocycles. The third kappa shape index (κ3) is 5.43. The third-order valence-electron chi connectivity index (χ3n) is 3.48. The van der Waals surface area contributed by atoms with Gasteiger partial charge in [0.2, 0.25) is 0 Å². The van der Waals surface area contributed by atoms with Crippen molar-refractivity contribution >= 4 is 21.5 Å². The summed E-state index contributed by atoms with van der Waals surface area (Å²) in [6.07, 6.45) is 1.07. The molecule has 0 radical (unpaired) electrons. The monoisotopic (exact) mass is 348 g/mol. The molecule has 128 valence electrons. The summed E-state index contributed by atoms with van der Waals surface area (Å²) >= 11 is 0. The van der Waals surface area contributed by atoms with Crippen LogP contribution in [0.1, 0.15) is 20.3 Å². The number of nitrogens with zero attached hydrogens (tertiary/aromatic N) is 2. The molecule has 1 atom stereocenters. The Balaban J connectivity index is 1.99. The number of ether oxygens (including phenoxy) is 1. The number of benzene rings is 2. The summed E-state index contributed by atoms with van der Waals surface area (Å²) < 4.78 is 36.5. The van der Waals surface area contributed by atoms with Crippen molar-refractivity contribution in [2.75, 3.05) is 6.61 Å². The van der Waals surface area contributed by atoms with E-state index in [0.29, 0.717) is 23.9 Å². The van der Waals surface area contributed by atoms with E-state index in [2.05, 4.69) is 24.1 Å². The van der Waals surface area contributed by atoms with Gasteiger partial charge in [0.05, 0.1) is 22.9 Å². The molecular formula is C17H20N2O4S. The van der Waals surface area contributed by atoms with Gasteiger partial charge in [-0.1, -0.05) is 20.3 Å². The molecule has 6 nitrogen and oxygen atoms in total. The average Bonchev–Trinajstić information content (AvgIpc) is 2.58. The second-order valence-corrected chi connectivity index (χ2v) is 6.91. The van der Waals surface area contributed by atoms with E-state index in [0.717, 1.165) is 12.2 Å². The maximum absolute atomic E-state index is 11.0. The van der Waals surface area contributed by atoms with Crippen molar-refractivity contribution < 1.29 is 17.7 Å². The van der Waals surface area contributed by atoms with Crippen LogP contribution in [0.25, 0.3) is 0 Å². The minimum Gasteiger partial charge on any atom is -0.493 e. The summed E-state index contributed by atoms with van der Waals surface area (Å²) in [5.41, 5.74) is 1.14. The van der Waals surface area contributed by atoms with Crippen LogP contribution in [0.4, 0.5) is 11.4 Å². The Kier molecular flexibility index (Phi) is 6.05. The second-order valence-electron chi connectivity index (χ2n) is 5.49. The molecule has 0 amide bonds. The summed E-state index contributed by atoms with van der Waals surface area (Å²) in [6, 6.07) is 12.7. The van der Waals surface area contributed by atoms with Crippen molar-refractivity contribution in [3.63, 3.8) is 0 Å². The van der Waals surface area contributed by atoms with Crippen LogP contribution in [0.15, 0.2) is 63.7 Å². The van der Waals surface area contributed by atoms with E-state index in [9.17, 15) is 8.42 Å². The van der Waals surface area contributed by atoms with E-state index in [1.54, 1.807) is 12.1 Å². The molecule has 0 aromatic heterocycles. The van der Waals surface area contributed by atoms with Crippen molar-refractivity contribution in [2.24, 2.45) is 16.1 Å². The van der Waals surface area contributed by atoms with Gasteiger partial charge in [0, 0.05) is 0 Å². The minimum absolute atomic E-state index is 0.177. The zero-order valence-electron chi connectivity index (χ0n) is 13.6. The quantitative estimate of drug-likeness (QED) is 0.576. The summed E-state index contributed by atoms with van der Waals surface area (Å²) in [5.74, 6) is 1.29. The molecule has 0 saturated carbocycles. The number of hydrogen-bond acceptors (Lipinski definition) is 5. The van der Waals surface area contributed by atoms with Crippen LogP contribution in [0.2, 0.25) is 0 Å². The van der Waals surface area contributed by atoms with E-state index in [1.165, 1.54) is 24.3 Å². The van der Waals surface area contributed by atoms with Gasteiger partial charge in [0.25, 0.3) is 10.1 Å². The first-order valence-electron chi connectivity index (χ1n) is 7.60. The molecule has 0 saturated heterocycles. The van der Waals surface area contributed by atoms with Crippen molar-refractivity contribution in [1.82, 2.24) is 0 Å². The van der Waals surface area contributed by atoms with Gasteiger partial charge >= 0.3 is 0 Å². The standard InChI is InChI=1S/C17H20N2O4S/c1-3-13(2)12-23-16-8-4-14(5-9-16)18-19-15-6-10-17(11-7-15)24(20,21)22/h4-11,13H,3,12H2,1-2H3,(H,20,21,22)/t13-/m0/s1. The fourth-order valence-corrected chi connectivity index (χ4v) is 2.25. The lowest BCUT2D eigenvalue weighted by Gasteiger charge is -2.10. The highest BCUT2D eigenvalue weighted by molar-refractivity contribution is 7.85. The van der Waals surface area contributed by atoms with Crippen LogP contribution in [-0.2, 0) is 10.1 Å². The Hall–Kier alpha value is -2.25. The molecule has 2 rings (SSSR count). The van der Waals surface area contributed by atoms with Crippen LogP contribution in [0.3, 0.4) is 0 Å². The second kappa shape index (κ2) is 8.03. The van der Waals surface area contributed by atoms with Gasteiger partial charge in [-0.25, -0.2) is 0 Å². The van der Waals surface area contributed by atoms with E-state index in [-0.39, 0.29) is 4.90 Å². The Morgan fingerprint density at radius 3 is 1.96 bits per heavy atom. The first-order valence-corrected chi connectivity index (χ1v) is 9.04. The lowest BCUT2D eigenvalue weighted by molar-refractivity contribution is 0.256. The molecule has 2 aromatic carbocycles. The predicted octanol–water partition coefficient (Wildman–Crippen LogP) is 4.77. The molecule has 2 aromatic rings. The van der Waals surface area contributed by atoms with Crippen LogP contribution in [0, 0.1) is 5.92 Å². The molecule has 7 heteroatoms. The lowest BCUT2D eigenvalue weighted by atomic mass is 10.1. The summed E-state index contributed by atoms with van der Waals surface area (Å²) in [7, 11) is -4.19. The molecule has 24 heavy (non-hydrogen) atoms. The lowest BCUT2D eigenvalue weighted by Crippen LogP contribution is -2.06. The minimum atomic E-state index is -4.19. The van der Waals surface area contributed by atoms with E-state index < -0.39 is 10.1 Å². The van der Waals surface area contributed by atoms with Gasteiger partial charge in [-0.2, -0.15) is 18.6 Å². The zero-order valence-corrected chi connectivity index (χ0v) is 14.4. The van der Waals surface area contributed by atoms with Crippen molar-refractivity contribution in [3.05, 3.63) is 48.5 Å². The highest BCUT2D eigenvalue weighted by Crippen LogP contribution is 2.22. The van der Waals surface area contributed by atoms with E-state index >= 15 is 0 Å². The summed E-state index contributed by atoms with van der Waals surface area (Å²) in [5, 5.41) is 8.10. The number of hydrogen-bond donors (Lipinski definition) is 1. The van der Waals surface area contributed by atoms with Crippen molar-refractivity contribution in [3.8, 4) is 5.75 Å². The summed E-state index contributed by atoms with van der Waals surface area (Å²) in [4.78, 5) is -0.177. The van der Waals surface area contributed by atoms with Gasteiger partial charge in [0.15, 0.2) is 0 Å². The van der Waals surface area contributed by atoms with Crippen LogP contribution in [0.5, 0.6) is 5.75 Å². The maximum Gasteiger partial charge on any atom is 0.294 e. The Labute approximate surface area is 142 Å². The topological polar surface area (TPSA) is 88.3 Å². The molecule has 1 N–H and O–H groups in total. The van der Waals surface area contributed by atoms with Crippen molar-refractivity contribution in [2.45, 2.75) is 25.2 Å². The van der Waals surface area contributed by atoms with Gasteiger partial charge < -0.3 is 4.74 Å². The highest BCUT2D eigenvalue weighted by Gasteiger charge is 2.08. The fraction of sp³-hybridized carbons (Fsp3) is 0.294. The molecule has 0 aliphatic carbocycles. The Morgan fingerprint density at radius 1 is 1.00 bits per heavy atom. The molecular weight excluding hydrogens is 328 g/mol. The van der Waals surface area contributed by atoms with Gasteiger partial charge in [0.1, 0.15) is 5.75 Å². The van der Waals surface area contributed by atoms with Crippen LogP contribution >= 0.6 is 0 Å². The molecule has 0 aliphatic rings. The predicted molar refractivity (Wildman–Crippen MR) is 91.8 cm³/mol. The summed E-state index contributed by atoms with van der Waals surface area (Å²) in [6.45, 7) is 4.94. The molecule has 0 fully saturated rings. The molecule has 0 bridgehead atoms. The Morgan fingerprint density at radius 2 is 1.50 bits per heavy atom. The largest absolute Gasteiger partial charge is 0.493 e. The van der Waals surface area contributed by atoms with Gasteiger partial charge in [-0.05, 0) is 54.4 Å². The van der Waals surface area contributed by atoms with Crippen LogP contribution in [-0.4, -0.2) is 19.6 Å². The van der Waals surface area contributed by atoms with Crippen molar-refractivity contribution in [1.29, 1.82) is 0 Å². The molecule has 0 heterocycles. The first kappa shape index (κ1) is 18.1.